The number of carbonyl (C=O) groups is 1. The minimum Gasteiger partial charge on any atom is -0.550 e. The van der Waals surface area contributed by atoms with Crippen molar-refractivity contribution in [2.45, 2.75) is 71.6 Å². The minimum atomic E-state index is -1.08. The number of carboxylic acid groups (broad SMARTS) is 1. The van der Waals surface area contributed by atoms with E-state index < -0.39 is 5.97 Å². The average Bonchev–Trinajstić information content (AvgIpc) is 2.44. The third kappa shape index (κ3) is 6.74. The molecule has 3 rings (SSSR count). The Labute approximate surface area is 124 Å². The molecule has 0 aromatic heterocycles. The van der Waals surface area contributed by atoms with Gasteiger partial charge in [0.1, 0.15) is 0 Å². The van der Waals surface area contributed by atoms with Gasteiger partial charge in [-0.1, -0.05) is 32.6 Å². The second-order valence-electron chi connectivity index (χ2n) is 6.73. The van der Waals surface area contributed by atoms with Crippen molar-refractivity contribution in [3.05, 3.63) is 0 Å². The van der Waals surface area contributed by atoms with E-state index in [1.165, 1.54) is 88.4 Å². The third-order valence-corrected chi connectivity index (χ3v) is 5.02. The number of carboxylic acids is 1. The summed E-state index contributed by atoms with van der Waals surface area (Å²) in [6.45, 7) is 9.31. The Morgan fingerprint density at radius 3 is 1.95 bits per heavy atom. The first kappa shape index (κ1) is 17.5. The van der Waals surface area contributed by atoms with Gasteiger partial charge in [-0.15, -0.1) is 0 Å². The Bertz CT molecular complexity index is 252. The summed E-state index contributed by atoms with van der Waals surface area (Å²) in [6, 6.07) is 0. The highest BCUT2D eigenvalue weighted by molar-refractivity contribution is 5.60. The smallest absolute Gasteiger partial charge is 0.0789 e. The molecule has 3 heterocycles. The highest BCUT2D eigenvalue weighted by atomic mass is 16.4. The summed E-state index contributed by atoms with van der Waals surface area (Å²) in [4.78, 5) is 8.89. The third-order valence-electron chi connectivity index (χ3n) is 5.02. The van der Waals surface area contributed by atoms with Gasteiger partial charge in [-0.3, -0.25) is 0 Å². The molecule has 3 fully saturated rings. The Balaban J connectivity index is 0.000000444. The molecular formula is C17H33NO2. The Hall–Kier alpha value is -0.570. The van der Waals surface area contributed by atoms with Crippen molar-refractivity contribution >= 4 is 5.97 Å². The molecule has 0 aliphatic carbocycles. The lowest BCUT2D eigenvalue weighted by molar-refractivity contribution is -0.942. The van der Waals surface area contributed by atoms with Crippen LogP contribution >= 0.6 is 0 Å². The molecule has 3 aliphatic heterocycles. The maximum atomic E-state index is 8.89. The number of carbonyl (C=O) groups excluding carboxylic acids is 1. The predicted molar refractivity (Wildman–Crippen MR) is 81.1 cm³/mol. The first-order chi connectivity index (χ1) is 9.58. The molecule has 0 aromatic carbocycles. The maximum Gasteiger partial charge on any atom is 0.0789 e. The summed E-state index contributed by atoms with van der Waals surface area (Å²) in [6.07, 6.45) is 13.4. The second kappa shape index (κ2) is 9.38. The minimum absolute atomic E-state index is 0.972. The standard InChI is InChI=1S/C15H30N.C2H4O2/c1-2-3-4-5-6-7-11-16-12-8-15(9-13-16)10-14-16;1-2(3)4/h15H,2-14H2,1H3;1H3,(H,3,4)/q+1;/p-1. The van der Waals surface area contributed by atoms with Crippen LogP contribution in [0.15, 0.2) is 0 Å². The number of hydrogen-bond donors (Lipinski definition) is 0. The summed E-state index contributed by atoms with van der Waals surface area (Å²) in [5, 5.41) is 8.89. The molecule has 3 nitrogen and oxygen atoms in total. The molecule has 0 atom stereocenters. The van der Waals surface area contributed by atoms with Crippen molar-refractivity contribution in [3.63, 3.8) is 0 Å². The van der Waals surface area contributed by atoms with Crippen LogP contribution in [0.1, 0.15) is 71.6 Å². The molecule has 0 radical (unpaired) electrons. The van der Waals surface area contributed by atoms with Crippen molar-refractivity contribution in [1.29, 1.82) is 0 Å². The van der Waals surface area contributed by atoms with Crippen LogP contribution in [0, 0.1) is 5.92 Å². The molecule has 0 unspecified atom stereocenters. The van der Waals surface area contributed by atoms with Crippen LogP contribution < -0.4 is 5.11 Å². The number of aliphatic carboxylic acids is 1. The van der Waals surface area contributed by atoms with Crippen molar-refractivity contribution in [3.8, 4) is 0 Å². The molecule has 3 saturated heterocycles. The Morgan fingerprint density at radius 2 is 1.45 bits per heavy atom. The monoisotopic (exact) mass is 283 g/mol. The molecule has 118 valence electrons. The molecule has 20 heavy (non-hydrogen) atoms. The first-order valence-electron chi connectivity index (χ1n) is 8.61. The number of nitrogens with zero attached hydrogens (tertiary/aromatic N) is 1. The summed E-state index contributed by atoms with van der Waals surface area (Å²) in [7, 11) is 0. The van der Waals surface area contributed by atoms with Gasteiger partial charge in [-0.2, -0.15) is 0 Å². The summed E-state index contributed by atoms with van der Waals surface area (Å²) >= 11 is 0. The van der Waals surface area contributed by atoms with Gasteiger partial charge in [-0.05, 0) is 44.9 Å². The zero-order valence-corrected chi connectivity index (χ0v) is 13.5. The van der Waals surface area contributed by atoms with Crippen LogP contribution in [0.25, 0.3) is 0 Å². The highest BCUT2D eigenvalue weighted by Crippen LogP contribution is 2.33. The topological polar surface area (TPSA) is 40.1 Å². The van der Waals surface area contributed by atoms with Crippen LogP contribution in [0.3, 0.4) is 0 Å². The molecule has 2 bridgehead atoms. The lowest BCUT2D eigenvalue weighted by Crippen LogP contribution is -2.58. The lowest BCUT2D eigenvalue weighted by Gasteiger charge is -2.49. The summed E-state index contributed by atoms with van der Waals surface area (Å²) < 4.78 is 1.50. The Morgan fingerprint density at radius 1 is 1.00 bits per heavy atom. The van der Waals surface area contributed by atoms with E-state index >= 15 is 0 Å². The number of quaternary nitrogens is 1. The fourth-order valence-corrected chi connectivity index (χ4v) is 3.70. The molecule has 0 saturated carbocycles. The molecular weight excluding hydrogens is 250 g/mol. The highest BCUT2D eigenvalue weighted by Gasteiger charge is 2.38. The van der Waals surface area contributed by atoms with Crippen LogP contribution in [0.4, 0.5) is 0 Å². The van der Waals surface area contributed by atoms with Gasteiger partial charge in [0.2, 0.25) is 0 Å². The average molecular weight is 283 g/mol. The van der Waals surface area contributed by atoms with E-state index in [1.54, 1.807) is 0 Å². The van der Waals surface area contributed by atoms with Crippen molar-refractivity contribution < 1.29 is 14.4 Å². The second-order valence-corrected chi connectivity index (χ2v) is 6.73. The van der Waals surface area contributed by atoms with Crippen LogP contribution in [-0.4, -0.2) is 36.6 Å². The zero-order valence-electron chi connectivity index (χ0n) is 13.5. The number of hydrogen-bond acceptors (Lipinski definition) is 2. The number of fused-ring (bicyclic) bond motifs is 3. The molecule has 0 spiro atoms. The van der Waals surface area contributed by atoms with Crippen LogP contribution in [0.2, 0.25) is 0 Å². The predicted octanol–water partition coefficient (Wildman–Crippen LogP) is 2.73. The van der Waals surface area contributed by atoms with E-state index in [4.69, 9.17) is 9.90 Å². The number of piperidine rings is 3. The fourth-order valence-electron chi connectivity index (χ4n) is 3.70. The summed E-state index contributed by atoms with van der Waals surface area (Å²) in [5.74, 6) is 0.0320. The number of rotatable bonds is 7. The van der Waals surface area contributed by atoms with Gasteiger partial charge in [0.25, 0.3) is 0 Å². The van der Waals surface area contributed by atoms with Gasteiger partial charge in [0, 0.05) is 5.97 Å². The number of unbranched alkanes of at least 4 members (excludes halogenated alkanes) is 5. The van der Waals surface area contributed by atoms with E-state index in [0.29, 0.717) is 0 Å². The molecule has 0 aromatic rings. The normalized spacial score (nSPS) is 27.8. The molecule has 3 heteroatoms. The van der Waals surface area contributed by atoms with Crippen LogP contribution in [-0.2, 0) is 4.79 Å². The Kier molecular flexibility index (Phi) is 8.20. The van der Waals surface area contributed by atoms with E-state index in [0.717, 1.165) is 12.8 Å². The van der Waals surface area contributed by atoms with Crippen LogP contribution in [0.5, 0.6) is 0 Å². The van der Waals surface area contributed by atoms with Gasteiger partial charge in [0.15, 0.2) is 0 Å². The van der Waals surface area contributed by atoms with Crippen molar-refractivity contribution in [2.24, 2.45) is 5.92 Å². The van der Waals surface area contributed by atoms with Crippen molar-refractivity contribution in [2.75, 3.05) is 26.2 Å². The maximum absolute atomic E-state index is 8.89. The van der Waals surface area contributed by atoms with E-state index in [2.05, 4.69) is 6.92 Å². The van der Waals surface area contributed by atoms with Gasteiger partial charge >= 0.3 is 0 Å². The van der Waals surface area contributed by atoms with E-state index in [-0.39, 0.29) is 0 Å². The molecule has 0 amide bonds. The van der Waals surface area contributed by atoms with Gasteiger partial charge < -0.3 is 14.4 Å². The fraction of sp³-hybridized carbons (Fsp3) is 0.941. The van der Waals surface area contributed by atoms with Crippen molar-refractivity contribution in [1.82, 2.24) is 0 Å². The zero-order chi connectivity index (χ0) is 14.8. The molecule has 3 aliphatic rings. The largest absolute Gasteiger partial charge is 0.550 e. The van der Waals surface area contributed by atoms with E-state index in [1.807, 2.05) is 0 Å². The van der Waals surface area contributed by atoms with E-state index in [9.17, 15) is 0 Å². The lowest BCUT2D eigenvalue weighted by atomic mass is 9.85. The van der Waals surface area contributed by atoms with Gasteiger partial charge in [0.05, 0.1) is 26.2 Å². The summed E-state index contributed by atoms with van der Waals surface area (Å²) in [5.41, 5.74) is 0. The molecule has 0 N–H and O–H groups in total. The SMILES string of the molecule is CC(=O)[O-].CCCCCCCC[N+]12CCC(CC1)CC2. The first-order valence-corrected chi connectivity index (χ1v) is 8.61. The van der Waals surface area contributed by atoms with Gasteiger partial charge in [-0.25, -0.2) is 0 Å². The quantitative estimate of drug-likeness (QED) is 0.532.